The van der Waals surface area contributed by atoms with Crippen LogP contribution in [0.3, 0.4) is 0 Å². The van der Waals surface area contributed by atoms with Gasteiger partial charge in [-0.3, -0.25) is 0 Å². The average molecular weight is 267 g/mol. The molecule has 0 spiro atoms. The lowest BCUT2D eigenvalue weighted by atomic mass is 10.2. The van der Waals surface area contributed by atoms with E-state index in [1.165, 1.54) is 18.5 Å². The smallest absolute Gasteiger partial charge is 0.185 e. The summed E-state index contributed by atoms with van der Waals surface area (Å²) >= 11 is 1.75. The molecule has 1 N–H and O–H groups in total. The van der Waals surface area contributed by atoms with Crippen molar-refractivity contribution in [2.75, 3.05) is 18.1 Å². The van der Waals surface area contributed by atoms with E-state index in [4.69, 9.17) is 9.72 Å². The van der Waals surface area contributed by atoms with Gasteiger partial charge in [0.1, 0.15) is 0 Å². The fraction of sp³-hybridized carbons (Fsp3) is 0.769. The van der Waals surface area contributed by atoms with E-state index >= 15 is 0 Å². The van der Waals surface area contributed by atoms with Crippen LogP contribution in [-0.2, 0) is 11.3 Å². The molecule has 2 fully saturated rings. The summed E-state index contributed by atoms with van der Waals surface area (Å²) < 4.78 is 5.66. The van der Waals surface area contributed by atoms with Crippen LogP contribution in [0.4, 0.5) is 5.13 Å². The number of hydrogen-bond acceptors (Lipinski definition) is 5. The number of ether oxygens (including phenoxy) is 1. The van der Waals surface area contributed by atoms with Crippen molar-refractivity contribution in [3.05, 3.63) is 11.1 Å². The topological polar surface area (TPSA) is 37.4 Å². The third-order valence-corrected chi connectivity index (χ3v) is 4.47. The zero-order chi connectivity index (χ0) is 12.5. The third kappa shape index (κ3) is 2.84. The lowest BCUT2D eigenvalue weighted by molar-refractivity contribution is 0.0343. The second-order valence-electron chi connectivity index (χ2n) is 5.42. The van der Waals surface area contributed by atoms with Crippen LogP contribution in [0.2, 0.25) is 0 Å². The summed E-state index contributed by atoms with van der Waals surface area (Å²) in [6.07, 6.45) is 2.96. The normalized spacial score (nSPS) is 28.7. The summed E-state index contributed by atoms with van der Waals surface area (Å²) in [7, 11) is 0. The van der Waals surface area contributed by atoms with E-state index in [2.05, 4.69) is 29.4 Å². The number of nitrogens with one attached hydrogen (secondary N) is 1. The number of morpholine rings is 1. The molecular formula is C13H21N3OS. The highest BCUT2D eigenvalue weighted by Crippen LogP contribution is 2.26. The predicted octanol–water partition coefficient (Wildman–Crippen LogP) is 2.01. The molecular weight excluding hydrogens is 246 g/mol. The number of aromatic nitrogens is 1. The van der Waals surface area contributed by atoms with Gasteiger partial charge in [0.25, 0.3) is 0 Å². The molecule has 2 atom stereocenters. The van der Waals surface area contributed by atoms with E-state index in [-0.39, 0.29) is 0 Å². The van der Waals surface area contributed by atoms with Gasteiger partial charge in [-0.15, -0.1) is 11.3 Å². The lowest BCUT2D eigenvalue weighted by Crippen LogP contribution is -2.47. The van der Waals surface area contributed by atoms with E-state index in [1.807, 2.05) is 0 Å². The Labute approximate surface area is 112 Å². The molecule has 3 rings (SSSR count). The lowest BCUT2D eigenvalue weighted by Gasteiger charge is -2.36. The van der Waals surface area contributed by atoms with Crippen molar-refractivity contribution >= 4 is 16.5 Å². The summed E-state index contributed by atoms with van der Waals surface area (Å²) in [5.74, 6) is 0. The first-order valence-electron chi connectivity index (χ1n) is 6.78. The molecule has 0 aromatic carbocycles. The molecule has 1 aromatic heterocycles. The van der Waals surface area contributed by atoms with Gasteiger partial charge in [0.05, 0.1) is 24.4 Å². The zero-order valence-corrected chi connectivity index (χ0v) is 11.9. The van der Waals surface area contributed by atoms with Crippen molar-refractivity contribution in [2.45, 2.75) is 51.4 Å². The van der Waals surface area contributed by atoms with Gasteiger partial charge in [0.15, 0.2) is 5.13 Å². The number of anilines is 1. The summed E-state index contributed by atoms with van der Waals surface area (Å²) in [5, 5.41) is 6.83. The van der Waals surface area contributed by atoms with Crippen LogP contribution in [0.1, 0.15) is 32.4 Å². The quantitative estimate of drug-likeness (QED) is 0.905. The van der Waals surface area contributed by atoms with E-state index in [0.717, 1.165) is 30.9 Å². The molecule has 100 valence electrons. The Morgan fingerprint density at radius 3 is 3.11 bits per heavy atom. The summed E-state index contributed by atoms with van der Waals surface area (Å²) in [5.41, 5.74) is 1.17. The molecule has 1 saturated carbocycles. The summed E-state index contributed by atoms with van der Waals surface area (Å²) in [6.45, 7) is 6.99. The van der Waals surface area contributed by atoms with Gasteiger partial charge in [-0.1, -0.05) is 0 Å². The van der Waals surface area contributed by atoms with Gasteiger partial charge in [-0.25, -0.2) is 4.98 Å². The van der Waals surface area contributed by atoms with Gasteiger partial charge in [0.2, 0.25) is 0 Å². The monoisotopic (exact) mass is 267 g/mol. The van der Waals surface area contributed by atoms with Crippen molar-refractivity contribution in [3.8, 4) is 0 Å². The van der Waals surface area contributed by atoms with Crippen molar-refractivity contribution in [1.29, 1.82) is 0 Å². The number of nitrogens with zero attached hydrogens (tertiary/aromatic N) is 2. The molecule has 1 aliphatic carbocycles. The highest BCUT2D eigenvalue weighted by Gasteiger charge is 2.26. The molecule has 5 heteroatoms. The average Bonchev–Trinajstić information content (AvgIpc) is 3.08. The van der Waals surface area contributed by atoms with Gasteiger partial charge < -0.3 is 15.0 Å². The Kier molecular flexibility index (Phi) is 3.54. The Balaban J connectivity index is 1.63. The first-order valence-corrected chi connectivity index (χ1v) is 7.66. The Morgan fingerprint density at radius 2 is 2.33 bits per heavy atom. The number of rotatable bonds is 4. The maximum atomic E-state index is 5.66. The first kappa shape index (κ1) is 12.4. The van der Waals surface area contributed by atoms with Crippen LogP contribution in [0.25, 0.3) is 0 Å². The molecule has 1 saturated heterocycles. The van der Waals surface area contributed by atoms with E-state index < -0.39 is 0 Å². The maximum Gasteiger partial charge on any atom is 0.185 e. The largest absolute Gasteiger partial charge is 0.375 e. The van der Waals surface area contributed by atoms with E-state index in [9.17, 15) is 0 Å². The zero-order valence-electron chi connectivity index (χ0n) is 11.1. The third-order valence-electron chi connectivity index (χ3n) is 3.54. The maximum absolute atomic E-state index is 5.66. The number of thiazole rings is 1. The van der Waals surface area contributed by atoms with Gasteiger partial charge in [-0.05, 0) is 26.7 Å². The SMILES string of the molecule is CC1CN(c2nc(CNC3CC3)cs2)C(C)CO1. The second-order valence-corrected chi connectivity index (χ2v) is 6.26. The van der Waals surface area contributed by atoms with Crippen LogP contribution >= 0.6 is 11.3 Å². The number of hydrogen-bond donors (Lipinski definition) is 1. The minimum Gasteiger partial charge on any atom is -0.375 e. The van der Waals surface area contributed by atoms with Crippen LogP contribution in [0, 0.1) is 0 Å². The standard InChI is InChI=1S/C13H21N3OS/c1-9-7-17-10(2)6-16(9)13-15-12(8-18-13)5-14-11-3-4-11/h8-11,14H,3-7H2,1-2H3. The van der Waals surface area contributed by atoms with Crippen LogP contribution in [0.15, 0.2) is 5.38 Å². The van der Waals surface area contributed by atoms with Crippen LogP contribution in [-0.4, -0.2) is 36.3 Å². The minimum absolute atomic E-state index is 0.304. The minimum atomic E-state index is 0.304. The molecule has 2 unspecified atom stereocenters. The molecule has 4 nitrogen and oxygen atoms in total. The molecule has 0 amide bonds. The van der Waals surface area contributed by atoms with Crippen molar-refractivity contribution in [2.24, 2.45) is 0 Å². The highest BCUT2D eigenvalue weighted by molar-refractivity contribution is 7.13. The fourth-order valence-corrected chi connectivity index (χ4v) is 3.15. The van der Waals surface area contributed by atoms with Gasteiger partial charge in [0, 0.05) is 24.5 Å². The van der Waals surface area contributed by atoms with E-state index in [0.29, 0.717) is 12.1 Å². The summed E-state index contributed by atoms with van der Waals surface area (Å²) in [6, 6.07) is 1.18. The summed E-state index contributed by atoms with van der Waals surface area (Å²) in [4.78, 5) is 7.12. The molecule has 0 bridgehead atoms. The van der Waals surface area contributed by atoms with Gasteiger partial charge in [-0.2, -0.15) is 0 Å². The van der Waals surface area contributed by atoms with Crippen molar-refractivity contribution < 1.29 is 4.74 Å². The Morgan fingerprint density at radius 1 is 1.50 bits per heavy atom. The first-order chi connectivity index (χ1) is 8.72. The Hall–Kier alpha value is -0.650. The van der Waals surface area contributed by atoms with Crippen molar-refractivity contribution in [3.63, 3.8) is 0 Å². The highest BCUT2D eigenvalue weighted by atomic mass is 32.1. The molecule has 1 aliphatic heterocycles. The van der Waals surface area contributed by atoms with Gasteiger partial charge >= 0.3 is 0 Å². The Bertz CT molecular complexity index is 405. The predicted molar refractivity (Wildman–Crippen MR) is 74.2 cm³/mol. The van der Waals surface area contributed by atoms with E-state index in [1.54, 1.807) is 11.3 Å². The molecule has 2 aliphatic rings. The molecule has 1 aromatic rings. The van der Waals surface area contributed by atoms with Crippen LogP contribution in [0.5, 0.6) is 0 Å². The molecule has 18 heavy (non-hydrogen) atoms. The molecule has 0 radical (unpaired) electrons. The van der Waals surface area contributed by atoms with Crippen molar-refractivity contribution in [1.82, 2.24) is 10.3 Å². The second kappa shape index (κ2) is 5.15. The fourth-order valence-electron chi connectivity index (χ4n) is 2.22. The van der Waals surface area contributed by atoms with Crippen LogP contribution < -0.4 is 10.2 Å². The molecule has 2 heterocycles.